The molecule has 0 fully saturated rings. The number of halogens is 2. The van der Waals surface area contributed by atoms with Gasteiger partial charge in [-0.2, -0.15) is 0 Å². The monoisotopic (exact) mass is 128 g/mol. The molecule has 0 aromatic rings. The van der Waals surface area contributed by atoms with Crippen molar-refractivity contribution >= 4 is 28.7 Å². The molecule has 0 unspecified atom stereocenters. The molecule has 0 N–H and O–H groups in total. The lowest BCUT2D eigenvalue weighted by atomic mass is 10.8. The van der Waals surface area contributed by atoms with Gasteiger partial charge in [-0.05, 0) is 11.6 Å². The molecule has 0 aliphatic carbocycles. The van der Waals surface area contributed by atoms with Crippen LogP contribution in [0.1, 0.15) is 0 Å². The van der Waals surface area contributed by atoms with Crippen LogP contribution in [0.2, 0.25) is 0 Å². The minimum Gasteiger partial charge on any atom is -0.279 e. The molecule has 0 aliphatic rings. The first-order valence-corrected chi connectivity index (χ1v) is 1.88. The third kappa shape index (κ3) is 4.21. The summed E-state index contributed by atoms with van der Waals surface area (Å²) in [6.45, 7) is -0.233. The maximum absolute atomic E-state index is 9.60. The fraction of sp³-hybridized carbons (Fsp3) is 0.500. The molecule has 0 spiro atoms. The van der Waals surface area contributed by atoms with E-state index in [1.165, 1.54) is 0 Å². The quantitative estimate of drug-likeness (QED) is 0.518. The van der Waals surface area contributed by atoms with Crippen LogP contribution >= 0.6 is 23.5 Å². The van der Waals surface area contributed by atoms with Crippen LogP contribution in [0, 0.1) is 0 Å². The van der Waals surface area contributed by atoms with Gasteiger partial charge in [-0.1, -0.05) is 0 Å². The molecule has 0 saturated heterocycles. The zero-order valence-corrected chi connectivity index (χ0v) is 4.29. The van der Waals surface area contributed by atoms with Crippen LogP contribution in [0.4, 0.5) is 0 Å². The highest BCUT2D eigenvalue weighted by Crippen LogP contribution is 1.83. The predicted octanol–water partition coefficient (Wildman–Crippen LogP) is 0.922. The number of carbonyl (C=O) groups is 1. The maximum Gasteiger partial charge on any atom is 0.249 e. The first kappa shape index (κ1) is 6.21. The van der Waals surface area contributed by atoms with Gasteiger partial charge in [-0.15, -0.1) is 0 Å². The predicted molar refractivity (Wildman–Crippen MR) is 22.7 cm³/mol. The van der Waals surface area contributed by atoms with Crippen molar-refractivity contribution in [2.75, 3.05) is 6.61 Å². The molecular weight excluding hydrogens is 127 g/mol. The summed E-state index contributed by atoms with van der Waals surface area (Å²) < 4.78 is 3.79. The van der Waals surface area contributed by atoms with Crippen molar-refractivity contribution in [3.05, 3.63) is 0 Å². The molecule has 0 aromatic heterocycles. The topological polar surface area (TPSA) is 26.3 Å². The van der Waals surface area contributed by atoms with E-state index in [4.69, 9.17) is 11.6 Å². The highest BCUT2D eigenvalue weighted by Gasteiger charge is 1.89. The Morgan fingerprint density at radius 1 is 1.83 bits per heavy atom. The lowest BCUT2D eigenvalue weighted by Crippen LogP contribution is -1.92. The second-order valence-corrected chi connectivity index (χ2v) is 1.25. The molecule has 0 aromatic carbocycles. The zero-order valence-electron chi connectivity index (χ0n) is 2.78. The second kappa shape index (κ2) is 3.40. The minimum absolute atomic E-state index is 0.233. The Bertz CT molecular complexity index is 53.5. The lowest BCUT2D eigenvalue weighted by Gasteiger charge is -1.78. The van der Waals surface area contributed by atoms with E-state index in [1.54, 1.807) is 0 Å². The van der Waals surface area contributed by atoms with Crippen LogP contribution in [-0.4, -0.2) is 11.8 Å². The van der Waals surface area contributed by atoms with E-state index in [2.05, 4.69) is 16.2 Å². The van der Waals surface area contributed by atoms with E-state index in [-0.39, 0.29) is 6.61 Å². The summed E-state index contributed by atoms with van der Waals surface area (Å²) in [5.74, 6) is 0. The van der Waals surface area contributed by atoms with Gasteiger partial charge in [-0.25, -0.2) is 0 Å². The van der Waals surface area contributed by atoms with Gasteiger partial charge in [0, 0.05) is 0 Å². The van der Waals surface area contributed by atoms with Gasteiger partial charge in [0.15, 0.2) is 0 Å². The van der Waals surface area contributed by atoms with Gasteiger partial charge in [0.05, 0.1) is 11.9 Å². The van der Waals surface area contributed by atoms with Crippen molar-refractivity contribution in [3.63, 3.8) is 0 Å². The third-order valence-corrected chi connectivity index (χ3v) is 0.386. The van der Waals surface area contributed by atoms with E-state index in [9.17, 15) is 4.79 Å². The van der Waals surface area contributed by atoms with Gasteiger partial charge in [0.25, 0.3) is 0 Å². The Labute approximate surface area is 45.2 Å². The Morgan fingerprint density at radius 3 is 2.33 bits per heavy atom. The SMILES string of the molecule is O=C(Cl)COCl. The summed E-state index contributed by atoms with van der Waals surface area (Å²) >= 11 is 9.32. The standard InChI is InChI=1S/C2H2Cl2O2/c3-2(5)1-6-4/h1H2. The highest BCUT2D eigenvalue weighted by molar-refractivity contribution is 6.64. The molecule has 0 rings (SSSR count). The molecule has 4 heteroatoms. The van der Waals surface area contributed by atoms with E-state index in [0.29, 0.717) is 0 Å². The Kier molecular flexibility index (Phi) is 3.52. The highest BCUT2D eigenvalue weighted by atomic mass is 35.5. The maximum atomic E-state index is 9.60. The van der Waals surface area contributed by atoms with E-state index in [0.717, 1.165) is 0 Å². The smallest absolute Gasteiger partial charge is 0.249 e. The van der Waals surface area contributed by atoms with Gasteiger partial charge in [-0.3, -0.25) is 9.08 Å². The Hall–Kier alpha value is 0.210. The summed E-state index contributed by atoms with van der Waals surface area (Å²) in [7, 11) is 0. The third-order valence-electron chi connectivity index (χ3n) is 0.168. The van der Waals surface area contributed by atoms with E-state index in [1.807, 2.05) is 0 Å². The van der Waals surface area contributed by atoms with Crippen molar-refractivity contribution in [2.24, 2.45) is 0 Å². The summed E-state index contributed by atoms with van der Waals surface area (Å²) in [6, 6.07) is 0. The largest absolute Gasteiger partial charge is 0.279 e. The molecular formula is C2H2Cl2O2. The summed E-state index contributed by atoms with van der Waals surface area (Å²) in [5, 5.41) is -0.593. The molecule has 36 valence electrons. The average molecular weight is 129 g/mol. The Balaban J connectivity index is 2.83. The number of hydrogen-bond acceptors (Lipinski definition) is 2. The van der Waals surface area contributed by atoms with Gasteiger partial charge in [0.1, 0.15) is 6.61 Å². The zero-order chi connectivity index (χ0) is 4.99. The first-order valence-electron chi connectivity index (χ1n) is 1.19. The summed E-state index contributed by atoms with van der Waals surface area (Å²) in [5.41, 5.74) is 0. The molecule has 0 radical (unpaired) electrons. The lowest BCUT2D eigenvalue weighted by molar-refractivity contribution is -0.113. The van der Waals surface area contributed by atoms with E-state index >= 15 is 0 Å². The Morgan fingerprint density at radius 2 is 2.33 bits per heavy atom. The van der Waals surface area contributed by atoms with E-state index < -0.39 is 5.24 Å². The molecule has 0 saturated carbocycles. The van der Waals surface area contributed by atoms with Crippen molar-refractivity contribution in [1.82, 2.24) is 0 Å². The van der Waals surface area contributed by atoms with Crippen molar-refractivity contribution in [1.29, 1.82) is 0 Å². The van der Waals surface area contributed by atoms with Crippen LogP contribution in [0.3, 0.4) is 0 Å². The normalized spacial score (nSPS) is 8.33. The molecule has 0 atom stereocenters. The summed E-state index contributed by atoms with van der Waals surface area (Å²) in [6.07, 6.45) is 0. The van der Waals surface area contributed by atoms with Gasteiger partial charge < -0.3 is 0 Å². The minimum atomic E-state index is -0.593. The molecule has 0 amide bonds. The molecule has 0 aliphatic heterocycles. The number of hydrogen-bond donors (Lipinski definition) is 0. The number of carbonyl (C=O) groups excluding carboxylic acids is 1. The fourth-order valence-corrected chi connectivity index (χ4v) is 0.252. The molecule has 6 heavy (non-hydrogen) atoms. The fourth-order valence-electron chi connectivity index (χ4n) is 0.0429. The van der Waals surface area contributed by atoms with Crippen molar-refractivity contribution in [2.45, 2.75) is 0 Å². The summed E-state index contributed by atoms with van der Waals surface area (Å²) in [4.78, 5) is 9.60. The first-order chi connectivity index (χ1) is 2.77. The molecule has 2 nitrogen and oxygen atoms in total. The van der Waals surface area contributed by atoms with Crippen LogP contribution in [0.15, 0.2) is 0 Å². The average Bonchev–Trinajstić information content (AvgIpc) is 1.35. The van der Waals surface area contributed by atoms with Gasteiger partial charge >= 0.3 is 0 Å². The second-order valence-electron chi connectivity index (χ2n) is 0.609. The van der Waals surface area contributed by atoms with Crippen LogP contribution in [-0.2, 0) is 9.08 Å². The van der Waals surface area contributed by atoms with Crippen molar-refractivity contribution in [3.8, 4) is 0 Å². The van der Waals surface area contributed by atoms with Gasteiger partial charge in [0.2, 0.25) is 5.24 Å². The molecule has 0 bridgehead atoms. The van der Waals surface area contributed by atoms with Crippen molar-refractivity contribution < 1.29 is 9.08 Å². The van der Waals surface area contributed by atoms with Crippen LogP contribution in [0.25, 0.3) is 0 Å². The number of rotatable bonds is 2. The van der Waals surface area contributed by atoms with Crippen LogP contribution in [0.5, 0.6) is 0 Å². The van der Waals surface area contributed by atoms with Crippen LogP contribution < -0.4 is 0 Å². The molecule has 0 heterocycles.